The Hall–Kier alpha value is -1.37. The Morgan fingerprint density at radius 1 is 1.21 bits per heavy atom. The van der Waals surface area contributed by atoms with Gasteiger partial charge in [0.2, 0.25) is 0 Å². The van der Waals surface area contributed by atoms with Crippen molar-refractivity contribution in [2.75, 3.05) is 12.8 Å². The highest BCUT2D eigenvalue weighted by Crippen LogP contribution is 2.19. The molecule has 5 heteroatoms. The smallest absolute Gasteiger partial charge is 0.140 e. The molecule has 0 radical (unpaired) electrons. The van der Waals surface area contributed by atoms with Crippen LogP contribution in [0.25, 0.3) is 0 Å². The van der Waals surface area contributed by atoms with Crippen LogP contribution in [0.15, 0.2) is 24.3 Å². The zero-order valence-corrected chi connectivity index (χ0v) is 13.1. The van der Waals surface area contributed by atoms with Crippen LogP contribution in [-0.4, -0.2) is 17.1 Å². The van der Waals surface area contributed by atoms with Crippen molar-refractivity contribution in [3.63, 3.8) is 0 Å². The maximum Gasteiger partial charge on any atom is 0.140 e. The van der Waals surface area contributed by atoms with Crippen LogP contribution in [-0.2, 0) is 12.8 Å². The molecule has 100 valence electrons. The van der Waals surface area contributed by atoms with Crippen LogP contribution < -0.4 is 10.5 Å². The molecule has 0 aliphatic carbocycles. The SMILES string of the molecule is CCc1nc(Cc2ccc(OC)cc2)nc(N)c1I. The van der Waals surface area contributed by atoms with Crippen molar-refractivity contribution in [3.8, 4) is 5.75 Å². The van der Waals surface area contributed by atoms with Gasteiger partial charge in [0.15, 0.2) is 0 Å². The number of nitrogen functional groups attached to an aromatic ring is 1. The van der Waals surface area contributed by atoms with Gasteiger partial charge in [0.25, 0.3) is 0 Å². The van der Waals surface area contributed by atoms with Crippen molar-refractivity contribution in [2.45, 2.75) is 19.8 Å². The predicted octanol–water partition coefficient (Wildman–Crippen LogP) is 2.83. The van der Waals surface area contributed by atoms with Crippen molar-refractivity contribution < 1.29 is 4.74 Å². The van der Waals surface area contributed by atoms with Gasteiger partial charge in [0.1, 0.15) is 17.4 Å². The molecule has 0 unspecified atom stereocenters. The number of rotatable bonds is 4. The Morgan fingerprint density at radius 3 is 2.47 bits per heavy atom. The second-order valence-corrected chi connectivity index (χ2v) is 5.24. The third-order valence-electron chi connectivity index (χ3n) is 2.85. The van der Waals surface area contributed by atoms with Gasteiger partial charge in [-0.2, -0.15) is 0 Å². The van der Waals surface area contributed by atoms with E-state index >= 15 is 0 Å². The van der Waals surface area contributed by atoms with E-state index in [1.54, 1.807) is 7.11 Å². The number of ether oxygens (including phenoxy) is 1. The molecule has 0 spiro atoms. The van der Waals surface area contributed by atoms with E-state index in [0.717, 1.165) is 32.8 Å². The van der Waals surface area contributed by atoms with E-state index < -0.39 is 0 Å². The lowest BCUT2D eigenvalue weighted by Crippen LogP contribution is -2.07. The fraction of sp³-hybridized carbons (Fsp3) is 0.286. The largest absolute Gasteiger partial charge is 0.497 e. The molecule has 0 aliphatic rings. The standard InChI is InChI=1S/C14H16IN3O/c1-3-11-13(15)14(16)18-12(17-11)8-9-4-6-10(19-2)7-5-9/h4-7H,3,8H2,1-2H3,(H2,16,17,18). The number of benzene rings is 1. The summed E-state index contributed by atoms with van der Waals surface area (Å²) in [4.78, 5) is 8.91. The second-order valence-electron chi connectivity index (χ2n) is 4.16. The first kappa shape index (κ1) is 14.0. The highest BCUT2D eigenvalue weighted by atomic mass is 127. The Morgan fingerprint density at radius 2 is 1.89 bits per heavy atom. The lowest BCUT2D eigenvalue weighted by atomic mass is 10.1. The molecule has 19 heavy (non-hydrogen) atoms. The molecular weight excluding hydrogens is 353 g/mol. The van der Waals surface area contributed by atoms with Crippen molar-refractivity contribution in [1.82, 2.24) is 9.97 Å². The molecule has 1 heterocycles. The topological polar surface area (TPSA) is 61.0 Å². The molecule has 2 rings (SSSR count). The van der Waals surface area contributed by atoms with Crippen LogP contribution in [0.5, 0.6) is 5.75 Å². The van der Waals surface area contributed by atoms with E-state index in [4.69, 9.17) is 10.5 Å². The summed E-state index contributed by atoms with van der Waals surface area (Å²) in [5, 5.41) is 0. The van der Waals surface area contributed by atoms with Crippen molar-refractivity contribution >= 4 is 28.4 Å². The Bertz CT molecular complexity index is 570. The molecule has 0 amide bonds. The number of nitrogens with zero attached hydrogens (tertiary/aromatic N) is 2. The minimum Gasteiger partial charge on any atom is -0.497 e. The summed E-state index contributed by atoms with van der Waals surface area (Å²) < 4.78 is 6.10. The Kier molecular flexibility index (Phi) is 4.57. The number of aryl methyl sites for hydroxylation is 1. The van der Waals surface area contributed by atoms with Gasteiger partial charge < -0.3 is 10.5 Å². The van der Waals surface area contributed by atoms with E-state index in [-0.39, 0.29) is 0 Å². The molecule has 1 aromatic carbocycles. The van der Waals surface area contributed by atoms with Gasteiger partial charge in [0.05, 0.1) is 16.4 Å². The van der Waals surface area contributed by atoms with Crippen molar-refractivity contribution in [2.24, 2.45) is 0 Å². The highest BCUT2D eigenvalue weighted by molar-refractivity contribution is 14.1. The summed E-state index contributed by atoms with van der Waals surface area (Å²) in [6.07, 6.45) is 1.54. The molecule has 4 nitrogen and oxygen atoms in total. The van der Waals surface area contributed by atoms with Crippen LogP contribution in [0.4, 0.5) is 5.82 Å². The number of methoxy groups -OCH3 is 1. The number of nitrogens with two attached hydrogens (primary N) is 1. The van der Waals surface area contributed by atoms with Gasteiger partial charge >= 0.3 is 0 Å². The zero-order valence-electron chi connectivity index (χ0n) is 11.0. The maximum absolute atomic E-state index is 5.92. The van der Waals surface area contributed by atoms with Crippen LogP contribution in [0.2, 0.25) is 0 Å². The lowest BCUT2D eigenvalue weighted by Gasteiger charge is -2.08. The molecule has 0 fully saturated rings. The first-order valence-electron chi connectivity index (χ1n) is 6.07. The Labute approximate surface area is 126 Å². The van der Waals surface area contributed by atoms with Crippen LogP contribution in [0.1, 0.15) is 24.0 Å². The molecule has 2 aromatic rings. The third kappa shape index (κ3) is 3.34. The lowest BCUT2D eigenvalue weighted by molar-refractivity contribution is 0.414. The summed E-state index contributed by atoms with van der Waals surface area (Å²) in [5.74, 6) is 2.18. The first-order valence-corrected chi connectivity index (χ1v) is 7.15. The third-order valence-corrected chi connectivity index (χ3v) is 4.02. The van der Waals surface area contributed by atoms with Crippen LogP contribution in [0.3, 0.4) is 0 Å². The van der Waals surface area contributed by atoms with E-state index in [9.17, 15) is 0 Å². The van der Waals surface area contributed by atoms with Gasteiger partial charge in [-0.25, -0.2) is 9.97 Å². The Balaban J connectivity index is 2.25. The van der Waals surface area contributed by atoms with Crippen molar-refractivity contribution in [3.05, 3.63) is 44.9 Å². The van der Waals surface area contributed by atoms with Gasteiger partial charge in [-0.1, -0.05) is 19.1 Å². The summed E-state index contributed by atoms with van der Waals surface area (Å²) >= 11 is 2.20. The molecule has 1 aromatic heterocycles. The van der Waals surface area contributed by atoms with Crippen molar-refractivity contribution in [1.29, 1.82) is 0 Å². The highest BCUT2D eigenvalue weighted by Gasteiger charge is 2.09. The minimum absolute atomic E-state index is 0.566. The van der Waals surface area contributed by atoms with E-state index in [2.05, 4.69) is 39.5 Å². The van der Waals surface area contributed by atoms with E-state index in [0.29, 0.717) is 12.2 Å². The number of hydrogen-bond acceptors (Lipinski definition) is 4. The molecular formula is C14H16IN3O. The average Bonchev–Trinajstić information content (AvgIpc) is 2.43. The molecule has 0 atom stereocenters. The summed E-state index contributed by atoms with van der Waals surface area (Å²) in [6.45, 7) is 2.07. The maximum atomic E-state index is 5.92. The molecule has 0 aliphatic heterocycles. The quantitative estimate of drug-likeness (QED) is 0.842. The number of anilines is 1. The normalized spacial score (nSPS) is 10.5. The fourth-order valence-corrected chi connectivity index (χ4v) is 2.43. The minimum atomic E-state index is 0.566. The summed E-state index contributed by atoms with van der Waals surface area (Å²) in [7, 11) is 1.66. The van der Waals surface area contributed by atoms with E-state index in [1.807, 2.05) is 24.3 Å². The monoisotopic (exact) mass is 369 g/mol. The summed E-state index contributed by atoms with van der Waals surface area (Å²) in [6, 6.07) is 7.90. The molecule has 0 saturated carbocycles. The molecule has 2 N–H and O–H groups in total. The van der Waals surface area contributed by atoms with Gasteiger partial charge in [0, 0.05) is 6.42 Å². The van der Waals surface area contributed by atoms with Crippen LogP contribution >= 0.6 is 22.6 Å². The zero-order chi connectivity index (χ0) is 13.8. The molecule has 0 bridgehead atoms. The average molecular weight is 369 g/mol. The number of halogens is 1. The van der Waals surface area contributed by atoms with Gasteiger partial charge in [-0.05, 0) is 46.7 Å². The number of hydrogen-bond donors (Lipinski definition) is 1. The summed E-state index contributed by atoms with van der Waals surface area (Å²) in [5.41, 5.74) is 8.07. The van der Waals surface area contributed by atoms with Crippen LogP contribution in [0, 0.1) is 3.57 Å². The van der Waals surface area contributed by atoms with E-state index in [1.165, 1.54) is 0 Å². The van der Waals surface area contributed by atoms with Gasteiger partial charge in [-0.15, -0.1) is 0 Å². The van der Waals surface area contributed by atoms with Gasteiger partial charge in [-0.3, -0.25) is 0 Å². The first-order chi connectivity index (χ1) is 9.13. The predicted molar refractivity (Wildman–Crippen MR) is 84.3 cm³/mol. The fourth-order valence-electron chi connectivity index (χ4n) is 1.81. The number of aromatic nitrogens is 2. The second kappa shape index (κ2) is 6.18. The molecule has 0 saturated heterocycles.